The van der Waals surface area contributed by atoms with Crippen LogP contribution in [-0.2, 0) is 9.59 Å². The average Bonchev–Trinajstić information content (AvgIpc) is 3.14. The van der Waals surface area contributed by atoms with Gasteiger partial charge >= 0.3 is 6.03 Å². The highest BCUT2D eigenvalue weighted by Crippen LogP contribution is 2.16. The molecule has 0 unspecified atom stereocenters. The fraction of sp³-hybridized carbons (Fsp3) is 0.0625. The number of urea groups is 1. The number of amides is 4. The summed E-state index contributed by atoms with van der Waals surface area (Å²) in [6.45, 7) is -0.500. The number of carbonyl (C=O) groups excluding carboxylic acids is 3. The molecule has 0 spiro atoms. The first-order valence-electron chi connectivity index (χ1n) is 6.96. The fourth-order valence-corrected chi connectivity index (χ4v) is 2.75. The van der Waals surface area contributed by atoms with E-state index in [0.717, 1.165) is 10.5 Å². The summed E-state index contributed by atoms with van der Waals surface area (Å²) >= 11 is 1.46. The topological polar surface area (TPSA) is 78.5 Å². The van der Waals surface area contributed by atoms with E-state index in [9.17, 15) is 18.8 Å². The summed E-state index contributed by atoms with van der Waals surface area (Å²) < 4.78 is 13.5. The number of rotatable bonds is 4. The van der Waals surface area contributed by atoms with Crippen molar-refractivity contribution in [3.8, 4) is 0 Å². The first kappa shape index (κ1) is 15.9. The Morgan fingerprint density at radius 1 is 1.29 bits per heavy atom. The van der Waals surface area contributed by atoms with Crippen molar-refractivity contribution >= 4 is 40.9 Å². The van der Waals surface area contributed by atoms with Gasteiger partial charge in [0, 0.05) is 0 Å². The van der Waals surface area contributed by atoms with E-state index >= 15 is 0 Å². The van der Waals surface area contributed by atoms with Gasteiger partial charge in [0.05, 0.1) is 5.69 Å². The second kappa shape index (κ2) is 6.63. The van der Waals surface area contributed by atoms with Gasteiger partial charge in [0.2, 0.25) is 5.91 Å². The minimum absolute atomic E-state index is 0.0106. The molecule has 1 saturated heterocycles. The molecule has 0 bridgehead atoms. The number of thiophene rings is 1. The van der Waals surface area contributed by atoms with Crippen LogP contribution in [-0.4, -0.2) is 29.3 Å². The molecule has 4 amide bonds. The number of halogens is 1. The van der Waals surface area contributed by atoms with Crippen molar-refractivity contribution in [3.63, 3.8) is 0 Å². The standard InChI is InChI=1S/C16H12FN3O3S/c17-11-3-1-2-4-12(11)18-14(21)8-20-15(22)13(19-16(20)23)7-10-5-6-24-9-10/h1-7,9H,8H2,(H,18,21)(H,19,23)/b13-7+. The maximum absolute atomic E-state index is 13.5. The predicted octanol–water partition coefficient (Wildman–Crippen LogP) is 2.42. The number of nitrogens with one attached hydrogen (secondary N) is 2. The SMILES string of the molecule is O=C(CN1C(=O)N/C(=C/c2ccsc2)C1=O)Nc1ccccc1F. The van der Waals surface area contributed by atoms with Gasteiger partial charge in [0.15, 0.2) is 0 Å². The van der Waals surface area contributed by atoms with Gasteiger partial charge in [-0.25, -0.2) is 14.1 Å². The molecule has 3 rings (SSSR count). The van der Waals surface area contributed by atoms with Crippen LogP contribution >= 0.6 is 11.3 Å². The summed E-state index contributed by atoms with van der Waals surface area (Å²) in [5.41, 5.74) is 0.863. The van der Waals surface area contributed by atoms with Crippen LogP contribution in [0.1, 0.15) is 5.56 Å². The van der Waals surface area contributed by atoms with Gasteiger partial charge < -0.3 is 10.6 Å². The van der Waals surface area contributed by atoms with Crippen molar-refractivity contribution in [2.24, 2.45) is 0 Å². The Bertz CT molecular complexity index is 833. The van der Waals surface area contributed by atoms with E-state index in [-0.39, 0.29) is 11.4 Å². The van der Waals surface area contributed by atoms with Crippen LogP contribution < -0.4 is 10.6 Å². The third-order valence-electron chi connectivity index (χ3n) is 3.27. The van der Waals surface area contributed by atoms with E-state index in [1.54, 1.807) is 12.1 Å². The van der Waals surface area contributed by atoms with Crippen LogP contribution in [0.5, 0.6) is 0 Å². The summed E-state index contributed by atoms with van der Waals surface area (Å²) in [7, 11) is 0. The van der Waals surface area contributed by atoms with Crippen molar-refractivity contribution in [2.75, 3.05) is 11.9 Å². The molecule has 24 heavy (non-hydrogen) atoms. The van der Waals surface area contributed by atoms with Crippen molar-refractivity contribution in [1.82, 2.24) is 10.2 Å². The molecule has 1 aromatic carbocycles. The second-order valence-corrected chi connectivity index (χ2v) is 5.74. The van der Waals surface area contributed by atoms with Crippen LogP contribution in [0.4, 0.5) is 14.9 Å². The van der Waals surface area contributed by atoms with Crippen LogP contribution in [0, 0.1) is 5.82 Å². The number of benzene rings is 1. The summed E-state index contributed by atoms with van der Waals surface area (Å²) in [6.07, 6.45) is 1.53. The Kier molecular flexibility index (Phi) is 4.39. The van der Waals surface area contributed by atoms with Gasteiger partial charge in [-0.05, 0) is 40.6 Å². The molecule has 1 fully saturated rings. The van der Waals surface area contributed by atoms with Crippen molar-refractivity contribution in [2.45, 2.75) is 0 Å². The Balaban J connectivity index is 1.69. The lowest BCUT2D eigenvalue weighted by Crippen LogP contribution is -2.38. The number of hydrogen-bond donors (Lipinski definition) is 2. The van der Waals surface area contributed by atoms with E-state index in [2.05, 4.69) is 10.6 Å². The lowest BCUT2D eigenvalue weighted by Gasteiger charge is -2.12. The van der Waals surface area contributed by atoms with Gasteiger partial charge in [-0.15, -0.1) is 0 Å². The zero-order chi connectivity index (χ0) is 17.1. The quantitative estimate of drug-likeness (QED) is 0.660. The molecular weight excluding hydrogens is 333 g/mol. The average molecular weight is 345 g/mol. The van der Waals surface area contributed by atoms with E-state index < -0.39 is 30.2 Å². The smallest absolute Gasteiger partial charge is 0.322 e. The van der Waals surface area contributed by atoms with Gasteiger partial charge in [-0.2, -0.15) is 11.3 Å². The number of anilines is 1. The molecular formula is C16H12FN3O3S. The zero-order valence-electron chi connectivity index (χ0n) is 12.3. The Hall–Kier alpha value is -3.00. The molecule has 8 heteroatoms. The van der Waals surface area contributed by atoms with E-state index in [0.29, 0.717) is 0 Å². The van der Waals surface area contributed by atoms with Crippen LogP contribution in [0.2, 0.25) is 0 Å². The predicted molar refractivity (Wildman–Crippen MR) is 87.6 cm³/mol. The summed E-state index contributed by atoms with van der Waals surface area (Å²) in [5.74, 6) is -1.86. The molecule has 0 saturated carbocycles. The molecule has 2 N–H and O–H groups in total. The molecule has 122 valence electrons. The Morgan fingerprint density at radius 3 is 2.79 bits per heavy atom. The minimum Gasteiger partial charge on any atom is -0.322 e. The number of carbonyl (C=O) groups is 3. The molecule has 0 radical (unpaired) electrons. The molecule has 2 aromatic rings. The first-order valence-corrected chi connectivity index (χ1v) is 7.90. The molecule has 1 aromatic heterocycles. The molecule has 0 aliphatic carbocycles. The molecule has 6 nitrogen and oxygen atoms in total. The molecule has 0 atom stereocenters. The third-order valence-corrected chi connectivity index (χ3v) is 3.97. The first-order chi connectivity index (χ1) is 11.5. The van der Waals surface area contributed by atoms with E-state index in [1.165, 1.54) is 35.6 Å². The van der Waals surface area contributed by atoms with Crippen molar-refractivity contribution in [3.05, 3.63) is 58.2 Å². The largest absolute Gasteiger partial charge is 0.329 e. The van der Waals surface area contributed by atoms with Crippen molar-refractivity contribution < 1.29 is 18.8 Å². The van der Waals surface area contributed by atoms with Crippen LogP contribution in [0.25, 0.3) is 6.08 Å². The third kappa shape index (κ3) is 3.33. The second-order valence-electron chi connectivity index (χ2n) is 4.96. The maximum Gasteiger partial charge on any atom is 0.329 e. The highest BCUT2D eigenvalue weighted by molar-refractivity contribution is 7.08. The zero-order valence-corrected chi connectivity index (χ0v) is 13.1. The number of nitrogens with zero attached hydrogens (tertiary/aromatic N) is 1. The van der Waals surface area contributed by atoms with Gasteiger partial charge in [-0.1, -0.05) is 12.1 Å². The normalized spacial score (nSPS) is 15.7. The van der Waals surface area contributed by atoms with Gasteiger partial charge in [-0.3, -0.25) is 9.59 Å². The Labute approximate surface area is 140 Å². The molecule has 1 aliphatic heterocycles. The fourth-order valence-electron chi connectivity index (χ4n) is 2.13. The highest BCUT2D eigenvalue weighted by atomic mass is 32.1. The minimum atomic E-state index is -0.690. The van der Waals surface area contributed by atoms with Crippen LogP contribution in [0.3, 0.4) is 0 Å². The summed E-state index contributed by atoms with van der Waals surface area (Å²) in [4.78, 5) is 36.8. The highest BCUT2D eigenvalue weighted by Gasteiger charge is 2.34. The number of imide groups is 1. The lowest BCUT2D eigenvalue weighted by atomic mass is 10.2. The van der Waals surface area contributed by atoms with Gasteiger partial charge in [0.1, 0.15) is 18.1 Å². The molecule has 1 aliphatic rings. The number of hydrogen-bond acceptors (Lipinski definition) is 4. The number of para-hydroxylation sites is 1. The summed E-state index contributed by atoms with van der Waals surface area (Å²) in [6, 6.07) is 6.75. The van der Waals surface area contributed by atoms with E-state index in [4.69, 9.17) is 0 Å². The van der Waals surface area contributed by atoms with Crippen molar-refractivity contribution in [1.29, 1.82) is 0 Å². The lowest BCUT2D eigenvalue weighted by molar-refractivity contribution is -0.127. The monoisotopic (exact) mass is 345 g/mol. The summed E-state index contributed by atoms with van der Waals surface area (Å²) in [5, 5.41) is 8.41. The van der Waals surface area contributed by atoms with Crippen LogP contribution in [0.15, 0.2) is 46.8 Å². The van der Waals surface area contributed by atoms with E-state index in [1.807, 2.05) is 10.8 Å². The maximum atomic E-state index is 13.5. The van der Waals surface area contributed by atoms with Gasteiger partial charge in [0.25, 0.3) is 5.91 Å². The Morgan fingerprint density at radius 2 is 2.08 bits per heavy atom. The molecule has 2 heterocycles.